The van der Waals surface area contributed by atoms with Crippen molar-refractivity contribution in [2.75, 3.05) is 18.8 Å². The zero-order chi connectivity index (χ0) is 13.2. The maximum absolute atomic E-state index is 10.1. The molecule has 1 atom stereocenters. The highest BCUT2D eigenvalue weighted by Crippen LogP contribution is 2.27. The van der Waals surface area contributed by atoms with Gasteiger partial charge in [0.2, 0.25) is 0 Å². The van der Waals surface area contributed by atoms with Crippen molar-refractivity contribution >= 4 is 21.6 Å². The molecule has 1 aliphatic heterocycles. The van der Waals surface area contributed by atoms with Gasteiger partial charge >= 0.3 is 0 Å². The van der Waals surface area contributed by atoms with Gasteiger partial charge in [0, 0.05) is 23.2 Å². The Balaban J connectivity index is 2.03. The molecule has 1 aliphatic rings. The number of benzene rings is 1. The predicted octanol–water partition coefficient (Wildman–Crippen LogP) is 2.77. The minimum Gasteiger partial charge on any atom is -0.398 e. The summed E-state index contributed by atoms with van der Waals surface area (Å²) in [6, 6.07) is 5.99. The van der Waals surface area contributed by atoms with Gasteiger partial charge < -0.3 is 10.8 Å². The zero-order valence-corrected chi connectivity index (χ0v) is 12.4. The van der Waals surface area contributed by atoms with Crippen LogP contribution >= 0.6 is 15.9 Å². The number of likely N-dealkylation sites (tertiary alicyclic amines) is 1. The molecule has 1 saturated heterocycles. The minimum atomic E-state index is -0.498. The van der Waals surface area contributed by atoms with Gasteiger partial charge in [-0.3, -0.25) is 4.90 Å². The molecule has 0 saturated carbocycles. The van der Waals surface area contributed by atoms with Crippen molar-refractivity contribution in [3.63, 3.8) is 0 Å². The SMILES string of the molecule is CC1(O)CCCN(Cc2cccc(N)c2Br)CC1. The highest BCUT2D eigenvalue weighted by molar-refractivity contribution is 9.10. The molecular formula is C14H21BrN2O. The molecule has 2 rings (SSSR count). The number of anilines is 1. The number of halogens is 1. The van der Waals surface area contributed by atoms with Gasteiger partial charge in [-0.25, -0.2) is 0 Å². The fourth-order valence-electron chi connectivity index (χ4n) is 2.44. The molecule has 3 N–H and O–H groups in total. The summed E-state index contributed by atoms with van der Waals surface area (Å²) in [7, 11) is 0. The third kappa shape index (κ3) is 3.46. The summed E-state index contributed by atoms with van der Waals surface area (Å²) in [6.45, 7) is 4.81. The molecule has 1 fully saturated rings. The van der Waals surface area contributed by atoms with Gasteiger partial charge in [-0.05, 0) is 60.3 Å². The number of hydrogen-bond donors (Lipinski definition) is 2. The Morgan fingerprint density at radius 1 is 1.39 bits per heavy atom. The van der Waals surface area contributed by atoms with Crippen LogP contribution in [0.15, 0.2) is 22.7 Å². The van der Waals surface area contributed by atoms with Crippen LogP contribution in [-0.4, -0.2) is 28.7 Å². The van der Waals surface area contributed by atoms with Crippen LogP contribution in [0.5, 0.6) is 0 Å². The second-order valence-electron chi connectivity index (χ2n) is 5.45. The number of nitrogens with zero attached hydrogens (tertiary/aromatic N) is 1. The van der Waals surface area contributed by atoms with Gasteiger partial charge in [-0.15, -0.1) is 0 Å². The average Bonchev–Trinajstić information content (AvgIpc) is 2.47. The first-order valence-electron chi connectivity index (χ1n) is 6.45. The summed E-state index contributed by atoms with van der Waals surface area (Å²) in [4.78, 5) is 2.39. The first-order valence-corrected chi connectivity index (χ1v) is 7.25. The molecule has 18 heavy (non-hydrogen) atoms. The van der Waals surface area contributed by atoms with Gasteiger partial charge in [0.15, 0.2) is 0 Å². The predicted molar refractivity (Wildman–Crippen MR) is 78.3 cm³/mol. The highest BCUT2D eigenvalue weighted by atomic mass is 79.9. The van der Waals surface area contributed by atoms with Crippen molar-refractivity contribution < 1.29 is 5.11 Å². The number of aliphatic hydroxyl groups is 1. The van der Waals surface area contributed by atoms with Crippen LogP contribution < -0.4 is 5.73 Å². The third-order valence-corrected chi connectivity index (χ3v) is 4.63. The van der Waals surface area contributed by atoms with E-state index in [1.807, 2.05) is 19.1 Å². The Kier molecular flexibility index (Phi) is 4.30. The molecular weight excluding hydrogens is 292 g/mol. The Labute approximate surface area is 117 Å². The maximum atomic E-state index is 10.1. The van der Waals surface area contributed by atoms with Crippen LogP contribution in [0, 0.1) is 0 Å². The first-order chi connectivity index (χ1) is 8.48. The van der Waals surface area contributed by atoms with Crippen molar-refractivity contribution in [3.05, 3.63) is 28.2 Å². The molecule has 100 valence electrons. The van der Waals surface area contributed by atoms with Gasteiger partial charge in [-0.2, -0.15) is 0 Å². The molecule has 0 amide bonds. The van der Waals surface area contributed by atoms with Crippen LogP contribution in [0.3, 0.4) is 0 Å². The van der Waals surface area contributed by atoms with Crippen molar-refractivity contribution in [1.82, 2.24) is 4.90 Å². The van der Waals surface area contributed by atoms with E-state index in [1.165, 1.54) is 5.56 Å². The topological polar surface area (TPSA) is 49.5 Å². The fourth-order valence-corrected chi connectivity index (χ4v) is 2.83. The van der Waals surface area contributed by atoms with Crippen LogP contribution in [0.25, 0.3) is 0 Å². The van der Waals surface area contributed by atoms with Crippen molar-refractivity contribution in [1.29, 1.82) is 0 Å². The third-order valence-electron chi connectivity index (χ3n) is 3.66. The summed E-state index contributed by atoms with van der Waals surface area (Å²) >= 11 is 3.55. The lowest BCUT2D eigenvalue weighted by molar-refractivity contribution is 0.0444. The van der Waals surface area contributed by atoms with E-state index in [0.29, 0.717) is 0 Å². The van der Waals surface area contributed by atoms with Gasteiger partial charge in [0.1, 0.15) is 0 Å². The lowest BCUT2D eigenvalue weighted by Crippen LogP contribution is -2.28. The summed E-state index contributed by atoms with van der Waals surface area (Å²) in [6.07, 6.45) is 2.78. The molecule has 3 nitrogen and oxygen atoms in total. The van der Waals surface area contributed by atoms with Gasteiger partial charge in [0.25, 0.3) is 0 Å². The molecule has 4 heteroatoms. The Hall–Kier alpha value is -0.580. The molecule has 1 aromatic rings. The van der Waals surface area contributed by atoms with Crippen LogP contribution in [0.2, 0.25) is 0 Å². The van der Waals surface area contributed by atoms with E-state index >= 15 is 0 Å². The maximum Gasteiger partial charge on any atom is 0.0632 e. The summed E-state index contributed by atoms with van der Waals surface area (Å²) in [5, 5.41) is 10.1. The normalized spacial score (nSPS) is 25.9. The van der Waals surface area contributed by atoms with Crippen LogP contribution in [0.1, 0.15) is 31.7 Å². The fraction of sp³-hybridized carbons (Fsp3) is 0.571. The Morgan fingerprint density at radius 3 is 2.94 bits per heavy atom. The molecule has 1 aromatic carbocycles. The Bertz CT molecular complexity index is 420. The van der Waals surface area contributed by atoms with Gasteiger partial charge in [0.05, 0.1) is 5.60 Å². The van der Waals surface area contributed by atoms with Crippen molar-refractivity contribution in [2.24, 2.45) is 0 Å². The van der Waals surface area contributed by atoms with E-state index in [2.05, 4.69) is 26.9 Å². The van der Waals surface area contributed by atoms with E-state index in [9.17, 15) is 5.11 Å². The van der Waals surface area contributed by atoms with Crippen molar-refractivity contribution in [2.45, 2.75) is 38.3 Å². The van der Waals surface area contributed by atoms with E-state index in [0.717, 1.165) is 49.1 Å². The summed E-state index contributed by atoms with van der Waals surface area (Å²) < 4.78 is 1.00. The number of nitrogen functional groups attached to an aromatic ring is 1. The molecule has 1 unspecified atom stereocenters. The first kappa shape index (κ1) is 13.8. The molecule has 0 aliphatic carbocycles. The second-order valence-corrected chi connectivity index (χ2v) is 6.24. The smallest absolute Gasteiger partial charge is 0.0632 e. The van der Waals surface area contributed by atoms with Crippen LogP contribution in [-0.2, 0) is 6.54 Å². The van der Waals surface area contributed by atoms with E-state index in [4.69, 9.17) is 5.73 Å². The number of rotatable bonds is 2. The quantitative estimate of drug-likeness (QED) is 0.826. The van der Waals surface area contributed by atoms with E-state index in [1.54, 1.807) is 0 Å². The molecule has 0 radical (unpaired) electrons. The molecule has 0 aromatic heterocycles. The number of hydrogen-bond acceptors (Lipinski definition) is 3. The minimum absolute atomic E-state index is 0.498. The van der Waals surface area contributed by atoms with Crippen LogP contribution in [0.4, 0.5) is 5.69 Å². The van der Waals surface area contributed by atoms with Gasteiger partial charge in [-0.1, -0.05) is 12.1 Å². The zero-order valence-electron chi connectivity index (χ0n) is 10.8. The van der Waals surface area contributed by atoms with E-state index in [-0.39, 0.29) is 0 Å². The highest BCUT2D eigenvalue weighted by Gasteiger charge is 2.25. The Morgan fingerprint density at radius 2 is 2.17 bits per heavy atom. The van der Waals surface area contributed by atoms with E-state index < -0.39 is 5.60 Å². The summed E-state index contributed by atoms with van der Waals surface area (Å²) in [5.41, 5.74) is 7.40. The number of nitrogens with two attached hydrogens (primary N) is 1. The lowest BCUT2D eigenvalue weighted by Gasteiger charge is -2.23. The second kappa shape index (κ2) is 5.59. The molecule has 1 heterocycles. The standard InChI is InChI=1S/C14H21BrN2O/c1-14(18)6-3-8-17(9-7-14)10-11-4-2-5-12(16)13(11)15/h2,4-5,18H,3,6-10,16H2,1H3. The largest absolute Gasteiger partial charge is 0.398 e. The monoisotopic (exact) mass is 312 g/mol. The molecule has 0 spiro atoms. The average molecular weight is 313 g/mol. The van der Waals surface area contributed by atoms with Crippen molar-refractivity contribution in [3.8, 4) is 0 Å². The summed E-state index contributed by atoms with van der Waals surface area (Å²) in [5.74, 6) is 0. The lowest BCUT2D eigenvalue weighted by atomic mass is 9.98. The molecule has 0 bridgehead atoms.